The molecule has 1 aliphatic heterocycles. The molecule has 3 aromatic rings. The van der Waals surface area contributed by atoms with E-state index in [1.54, 1.807) is 36.4 Å². The molecule has 0 spiro atoms. The normalized spacial score (nSPS) is 13.3. The molecule has 0 bridgehead atoms. The van der Waals surface area contributed by atoms with E-state index in [0.29, 0.717) is 22.6 Å². The number of hydrogen-bond acceptors (Lipinski definition) is 6. The van der Waals surface area contributed by atoms with Crippen LogP contribution in [0.2, 0.25) is 0 Å². The monoisotopic (exact) mass is 382 g/mol. The zero-order valence-corrected chi connectivity index (χ0v) is 14.8. The quantitative estimate of drug-likeness (QED) is 0.497. The molecule has 4 N–H and O–H groups in total. The molecule has 1 aromatic heterocycles. The SMILES string of the molecule is O=C(N[C@@H](CO)C(=O)NCc1ccc2c(c1)OCO2)c1ccc2nc[nH]c2c1. The van der Waals surface area contributed by atoms with E-state index in [1.807, 2.05) is 0 Å². The number of carbonyl (C=O) groups is 2. The summed E-state index contributed by atoms with van der Waals surface area (Å²) in [6, 6.07) is 9.22. The molecule has 2 heterocycles. The molecule has 0 radical (unpaired) electrons. The first kappa shape index (κ1) is 17.8. The Bertz CT molecular complexity index is 1030. The number of hydrogen-bond donors (Lipinski definition) is 4. The van der Waals surface area contributed by atoms with E-state index in [0.717, 1.165) is 11.1 Å². The number of imidazole rings is 1. The van der Waals surface area contributed by atoms with Crippen molar-refractivity contribution in [1.29, 1.82) is 0 Å². The number of amides is 2. The van der Waals surface area contributed by atoms with Gasteiger partial charge >= 0.3 is 0 Å². The number of nitrogens with zero attached hydrogens (tertiary/aromatic N) is 1. The molecule has 0 aliphatic carbocycles. The summed E-state index contributed by atoms with van der Waals surface area (Å²) in [6.45, 7) is -0.124. The fraction of sp³-hybridized carbons (Fsp3) is 0.211. The lowest BCUT2D eigenvalue weighted by Gasteiger charge is -2.16. The van der Waals surface area contributed by atoms with Gasteiger partial charge in [0.1, 0.15) is 6.04 Å². The van der Waals surface area contributed by atoms with Gasteiger partial charge in [-0.25, -0.2) is 4.98 Å². The highest BCUT2D eigenvalue weighted by Crippen LogP contribution is 2.32. The highest BCUT2D eigenvalue weighted by molar-refractivity contribution is 5.99. The lowest BCUT2D eigenvalue weighted by atomic mass is 10.1. The van der Waals surface area contributed by atoms with Gasteiger partial charge in [-0.1, -0.05) is 6.07 Å². The maximum absolute atomic E-state index is 12.4. The van der Waals surface area contributed by atoms with Gasteiger partial charge < -0.3 is 30.2 Å². The van der Waals surface area contributed by atoms with Gasteiger partial charge in [0.2, 0.25) is 12.7 Å². The zero-order chi connectivity index (χ0) is 19.5. The molecular weight excluding hydrogens is 364 g/mol. The summed E-state index contributed by atoms with van der Waals surface area (Å²) in [6.07, 6.45) is 1.53. The molecule has 0 fully saturated rings. The van der Waals surface area contributed by atoms with Crippen molar-refractivity contribution < 1.29 is 24.2 Å². The largest absolute Gasteiger partial charge is 0.454 e. The lowest BCUT2D eigenvalue weighted by Crippen LogP contribution is -2.48. The summed E-state index contributed by atoms with van der Waals surface area (Å²) in [7, 11) is 0. The van der Waals surface area contributed by atoms with Gasteiger partial charge in [-0.15, -0.1) is 0 Å². The minimum absolute atomic E-state index is 0.175. The van der Waals surface area contributed by atoms with E-state index in [9.17, 15) is 14.7 Å². The molecule has 2 amide bonds. The molecule has 2 aromatic carbocycles. The third-order valence-electron chi connectivity index (χ3n) is 4.39. The van der Waals surface area contributed by atoms with Gasteiger partial charge in [-0.3, -0.25) is 9.59 Å². The summed E-state index contributed by atoms with van der Waals surface area (Å²) < 4.78 is 10.5. The number of nitrogens with one attached hydrogen (secondary N) is 3. The fourth-order valence-corrected chi connectivity index (χ4v) is 2.88. The Morgan fingerprint density at radius 2 is 2.04 bits per heavy atom. The summed E-state index contributed by atoms with van der Waals surface area (Å²) in [4.78, 5) is 31.8. The number of fused-ring (bicyclic) bond motifs is 2. The Morgan fingerprint density at radius 1 is 1.18 bits per heavy atom. The highest BCUT2D eigenvalue weighted by Gasteiger charge is 2.21. The fourth-order valence-electron chi connectivity index (χ4n) is 2.88. The smallest absolute Gasteiger partial charge is 0.252 e. The molecule has 9 heteroatoms. The van der Waals surface area contributed by atoms with Gasteiger partial charge in [0, 0.05) is 12.1 Å². The number of H-pyrrole nitrogens is 1. The van der Waals surface area contributed by atoms with Crippen LogP contribution < -0.4 is 20.1 Å². The van der Waals surface area contributed by atoms with Crippen molar-refractivity contribution in [3.63, 3.8) is 0 Å². The number of aromatic amines is 1. The first-order valence-electron chi connectivity index (χ1n) is 8.65. The van der Waals surface area contributed by atoms with Crippen molar-refractivity contribution in [3.8, 4) is 11.5 Å². The molecule has 28 heavy (non-hydrogen) atoms. The zero-order valence-electron chi connectivity index (χ0n) is 14.8. The van der Waals surface area contributed by atoms with Gasteiger partial charge in [-0.2, -0.15) is 0 Å². The number of aliphatic hydroxyl groups is 1. The predicted octanol–water partition coefficient (Wildman–Crippen LogP) is 0.699. The van der Waals surface area contributed by atoms with Crippen molar-refractivity contribution in [2.45, 2.75) is 12.6 Å². The van der Waals surface area contributed by atoms with E-state index in [-0.39, 0.29) is 13.3 Å². The van der Waals surface area contributed by atoms with Crippen molar-refractivity contribution in [1.82, 2.24) is 20.6 Å². The third kappa shape index (κ3) is 3.60. The van der Waals surface area contributed by atoms with Crippen molar-refractivity contribution in [2.24, 2.45) is 0 Å². The highest BCUT2D eigenvalue weighted by atomic mass is 16.7. The molecule has 4 rings (SSSR count). The molecule has 144 valence electrons. The summed E-state index contributed by atoms with van der Waals surface area (Å²) in [5.74, 6) is 0.322. The second kappa shape index (κ2) is 7.57. The second-order valence-corrected chi connectivity index (χ2v) is 6.25. The van der Waals surface area contributed by atoms with Crippen LogP contribution in [0.15, 0.2) is 42.7 Å². The molecule has 0 saturated carbocycles. The van der Waals surface area contributed by atoms with Crippen LogP contribution in [0, 0.1) is 0 Å². The predicted molar refractivity (Wildman–Crippen MR) is 98.8 cm³/mol. The van der Waals surface area contributed by atoms with Crippen LogP contribution in [-0.2, 0) is 11.3 Å². The maximum Gasteiger partial charge on any atom is 0.252 e. The Morgan fingerprint density at radius 3 is 2.89 bits per heavy atom. The Balaban J connectivity index is 1.37. The van der Waals surface area contributed by atoms with E-state index >= 15 is 0 Å². The minimum Gasteiger partial charge on any atom is -0.454 e. The van der Waals surface area contributed by atoms with E-state index < -0.39 is 24.5 Å². The topological polar surface area (TPSA) is 126 Å². The molecule has 1 atom stereocenters. The molecular formula is C19H18N4O5. The van der Waals surface area contributed by atoms with E-state index in [1.165, 1.54) is 6.33 Å². The van der Waals surface area contributed by atoms with Gasteiger partial charge in [0.25, 0.3) is 5.91 Å². The molecule has 1 aliphatic rings. The van der Waals surface area contributed by atoms with Crippen LogP contribution in [0.4, 0.5) is 0 Å². The van der Waals surface area contributed by atoms with Crippen molar-refractivity contribution in [3.05, 3.63) is 53.9 Å². The Labute approximate surface area is 159 Å². The van der Waals surface area contributed by atoms with Crippen LogP contribution in [0.1, 0.15) is 15.9 Å². The van der Waals surface area contributed by atoms with Crippen LogP contribution in [-0.4, -0.2) is 46.3 Å². The van der Waals surface area contributed by atoms with Crippen LogP contribution >= 0.6 is 0 Å². The second-order valence-electron chi connectivity index (χ2n) is 6.25. The average Bonchev–Trinajstić information content (AvgIpc) is 3.37. The Kier molecular flexibility index (Phi) is 4.81. The first-order valence-corrected chi connectivity index (χ1v) is 8.65. The van der Waals surface area contributed by atoms with Crippen LogP contribution in [0.5, 0.6) is 11.5 Å². The lowest BCUT2D eigenvalue weighted by molar-refractivity contribution is -0.124. The molecule has 9 nitrogen and oxygen atoms in total. The number of benzene rings is 2. The maximum atomic E-state index is 12.4. The first-order chi connectivity index (χ1) is 13.6. The number of ether oxygens (including phenoxy) is 2. The summed E-state index contributed by atoms with van der Waals surface area (Å²) >= 11 is 0. The van der Waals surface area contributed by atoms with E-state index in [2.05, 4.69) is 20.6 Å². The summed E-state index contributed by atoms with van der Waals surface area (Å²) in [5.41, 5.74) is 2.61. The molecule has 0 saturated heterocycles. The van der Waals surface area contributed by atoms with Crippen LogP contribution in [0.25, 0.3) is 11.0 Å². The van der Waals surface area contributed by atoms with Gasteiger partial charge in [0.15, 0.2) is 11.5 Å². The van der Waals surface area contributed by atoms with Crippen LogP contribution in [0.3, 0.4) is 0 Å². The Hall–Kier alpha value is -3.59. The third-order valence-corrected chi connectivity index (χ3v) is 4.39. The van der Waals surface area contributed by atoms with Gasteiger partial charge in [-0.05, 0) is 35.9 Å². The number of rotatable bonds is 6. The standard InChI is InChI=1S/C19H18N4O5/c24-8-15(23-18(25)12-2-3-13-14(6-12)22-9-21-13)19(26)20-7-11-1-4-16-17(5-11)28-10-27-16/h1-6,9,15,24H,7-8,10H2,(H,20,26)(H,21,22)(H,23,25)/t15-/m0/s1. The number of carbonyl (C=O) groups excluding carboxylic acids is 2. The number of aliphatic hydroxyl groups excluding tert-OH is 1. The minimum atomic E-state index is -1.07. The van der Waals surface area contributed by atoms with Crippen molar-refractivity contribution >= 4 is 22.8 Å². The molecule has 0 unspecified atom stereocenters. The van der Waals surface area contributed by atoms with Crippen molar-refractivity contribution in [2.75, 3.05) is 13.4 Å². The van der Waals surface area contributed by atoms with Gasteiger partial charge in [0.05, 0.1) is 24.0 Å². The number of aromatic nitrogens is 2. The van der Waals surface area contributed by atoms with E-state index in [4.69, 9.17) is 9.47 Å². The average molecular weight is 382 g/mol. The summed E-state index contributed by atoms with van der Waals surface area (Å²) in [5, 5.41) is 14.8.